The summed E-state index contributed by atoms with van der Waals surface area (Å²) in [7, 11) is 0. The maximum Gasteiger partial charge on any atom is 0.363 e. The minimum absolute atomic E-state index is 0.0239. The zero-order valence-corrected chi connectivity index (χ0v) is 24.2. The Morgan fingerprint density at radius 2 is 1.70 bits per heavy atom. The first-order valence-electron chi connectivity index (χ1n) is 14.8. The van der Waals surface area contributed by atoms with Crippen molar-refractivity contribution in [3.05, 3.63) is 34.9 Å². The number of ether oxygens (including phenoxy) is 2. The standard InChI is InChI=1S/C30H42N6O4/c1-5-8-11-20-16-21(12-9-6-2)26(22(17-20)13-10-7-3)39-30(38)25-23(18-31)28(36-27(25)33-19(4)35-36)40-29(37)24-14-15-32-34-24/h14-15,20-22,26H,5-13,16-17H2,1-4H3,(H,32,34)(H,33,35). The number of carbonyl (C=O) groups is 2. The number of hydrogen-bond acceptors (Lipinski definition) is 7. The molecule has 0 amide bonds. The number of aryl methyl sites for hydroxylation is 1. The molecule has 1 aliphatic carbocycles. The van der Waals surface area contributed by atoms with Crippen molar-refractivity contribution in [2.75, 3.05) is 0 Å². The van der Waals surface area contributed by atoms with E-state index in [0.29, 0.717) is 11.7 Å². The highest BCUT2D eigenvalue weighted by molar-refractivity contribution is 6.01. The van der Waals surface area contributed by atoms with Gasteiger partial charge in [-0.2, -0.15) is 10.4 Å². The summed E-state index contributed by atoms with van der Waals surface area (Å²) in [5.41, 5.74) is 0.272. The summed E-state index contributed by atoms with van der Waals surface area (Å²) in [5.74, 6) is 0.294. The highest BCUT2D eigenvalue weighted by atomic mass is 16.6. The van der Waals surface area contributed by atoms with Gasteiger partial charge < -0.3 is 9.47 Å². The number of hydrogen-bond donors (Lipinski definition) is 2. The molecule has 1 aliphatic rings. The molecule has 2 atom stereocenters. The van der Waals surface area contributed by atoms with Crippen LogP contribution in [-0.2, 0) is 4.74 Å². The normalized spacial score (nSPS) is 20.9. The summed E-state index contributed by atoms with van der Waals surface area (Å²) in [6.07, 6.45) is 13.4. The average molecular weight is 551 g/mol. The second-order valence-electron chi connectivity index (χ2n) is 11.1. The lowest BCUT2D eigenvalue weighted by atomic mass is 9.68. The van der Waals surface area contributed by atoms with Gasteiger partial charge in [0.25, 0.3) is 0 Å². The summed E-state index contributed by atoms with van der Waals surface area (Å²) in [6, 6.07) is 3.53. The van der Waals surface area contributed by atoms with Crippen molar-refractivity contribution in [2.24, 2.45) is 17.8 Å². The van der Waals surface area contributed by atoms with Gasteiger partial charge in [0.05, 0.1) is 0 Å². The molecule has 3 heterocycles. The number of unbranched alkanes of at least 4 members (excludes halogenated alkanes) is 3. The molecule has 40 heavy (non-hydrogen) atoms. The van der Waals surface area contributed by atoms with Crippen LogP contribution >= 0.6 is 0 Å². The molecule has 0 aromatic carbocycles. The first kappa shape index (κ1) is 29.4. The Labute approximate surface area is 235 Å². The number of nitrogens with one attached hydrogen (secondary N) is 2. The van der Waals surface area contributed by atoms with Crippen molar-refractivity contribution in [3.63, 3.8) is 0 Å². The number of rotatable bonds is 13. The molecule has 10 heteroatoms. The smallest absolute Gasteiger partial charge is 0.363 e. The van der Waals surface area contributed by atoms with Crippen LogP contribution in [0.3, 0.4) is 0 Å². The quantitative estimate of drug-likeness (QED) is 0.231. The van der Waals surface area contributed by atoms with E-state index in [0.717, 1.165) is 51.4 Å². The molecule has 0 saturated heterocycles. The van der Waals surface area contributed by atoms with Crippen molar-refractivity contribution in [1.29, 1.82) is 5.26 Å². The maximum absolute atomic E-state index is 13.9. The minimum Gasteiger partial charge on any atom is -0.458 e. The van der Waals surface area contributed by atoms with Gasteiger partial charge in [-0.05, 0) is 56.4 Å². The molecule has 0 aliphatic heterocycles. The largest absolute Gasteiger partial charge is 0.458 e. The van der Waals surface area contributed by atoms with Crippen LogP contribution in [0.15, 0.2) is 12.3 Å². The third-order valence-corrected chi connectivity index (χ3v) is 8.14. The van der Waals surface area contributed by atoms with E-state index < -0.39 is 11.9 Å². The third-order valence-electron chi connectivity index (χ3n) is 8.14. The van der Waals surface area contributed by atoms with Crippen molar-refractivity contribution in [2.45, 2.75) is 104 Å². The van der Waals surface area contributed by atoms with Gasteiger partial charge in [-0.1, -0.05) is 65.7 Å². The van der Waals surface area contributed by atoms with Crippen molar-refractivity contribution in [3.8, 4) is 11.9 Å². The molecule has 4 rings (SSSR count). The first-order chi connectivity index (χ1) is 19.4. The Hall–Kier alpha value is -3.61. The van der Waals surface area contributed by atoms with Crippen LogP contribution in [0.25, 0.3) is 5.65 Å². The van der Waals surface area contributed by atoms with Crippen LogP contribution in [0.1, 0.15) is 124 Å². The van der Waals surface area contributed by atoms with Gasteiger partial charge in [-0.25, -0.2) is 19.1 Å². The molecular formula is C30H42N6O4. The number of aromatic nitrogens is 5. The molecule has 216 valence electrons. The van der Waals surface area contributed by atoms with E-state index in [1.165, 1.54) is 36.0 Å². The highest BCUT2D eigenvalue weighted by Crippen LogP contribution is 2.43. The topological polar surface area (TPSA) is 138 Å². The second kappa shape index (κ2) is 13.6. The molecule has 0 radical (unpaired) electrons. The zero-order valence-electron chi connectivity index (χ0n) is 24.2. The zero-order chi connectivity index (χ0) is 28.6. The molecule has 1 saturated carbocycles. The monoisotopic (exact) mass is 550 g/mol. The van der Waals surface area contributed by atoms with Gasteiger partial charge >= 0.3 is 11.9 Å². The number of esters is 2. The van der Waals surface area contributed by atoms with Crippen molar-refractivity contribution >= 4 is 17.6 Å². The van der Waals surface area contributed by atoms with Gasteiger partial charge in [0.2, 0.25) is 5.88 Å². The predicted molar refractivity (Wildman–Crippen MR) is 150 cm³/mol. The number of carbonyl (C=O) groups excluding carboxylic acids is 2. The SMILES string of the molecule is CCCCC1CC(CCCC)C(OC(=O)c2c(C#N)c(OC(=O)c3ccn[nH]3)n3[nH]c(C)nc23)C(CCCC)C1. The van der Waals surface area contributed by atoms with Crippen LogP contribution in [0.5, 0.6) is 5.88 Å². The summed E-state index contributed by atoms with van der Waals surface area (Å²) in [5, 5.41) is 19.4. The van der Waals surface area contributed by atoms with Crippen LogP contribution in [0.2, 0.25) is 0 Å². The molecule has 2 N–H and O–H groups in total. The van der Waals surface area contributed by atoms with Crippen LogP contribution in [0, 0.1) is 36.0 Å². The molecule has 1 fully saturated rings. The summed E-state index contributed by atoms with van der Waals surface area (Å²) < 4.78 is 13.3. The van der Waals surface area contributed by atoms with Crippen LogP contribution < -0.4 is 4.74 Å². The lowest BCUT2D eigenvalue weighted by Crippen LogP contribution is -2.41. The Bertz CT molecular complexity index is 1300. The number of fused-ring (bicyclic) bond motifs is 1. The van der Waals surface area contributed by atoms with E-state index >= 15 is 0 Å². The minimum atomic E-state index is -0.731. The molecule has 0 spiro atoms. The van der Waals surface area contributed by atoms with Crippen LogP contribution in [-0.4, -0.2) is 42.8 Å². The van der Waals surface area contributed by atoms with E-state index in [1.807, 2.05) is 0 Å². The third kappa shape index (κ3) is 6.40. The Morgan fingerprint density at radius 1 is 1.05 bits per heavy atom. The maximum atomic E-state index is 13.9. The van der Waals surface area contributed by atoms with Gasteiger partial charge in [0.15, 0.2) is 5.65 Å². The van der Waals surface area contributed by atoms with Crippen molar-refractivity contribution < 1.29 is 19.1 Å². The predicted octanol–water partition coefficient (Wildman–Crippen LogP) is 6.52. The number of H-pyrrole nitrogens is 2. The first-order valence-corrected chi connectivity index (χ1v) is 14.8. The fourth-order valence-corrected chi connectivity index (χ4v) is 6.21. The van der Waals surface area contributed by atoms with Gasteiger partial charge in [0.1, 0.15) is 34.8 Å². The lowest BCUT2D eigenvalue weighted by Gasteiger charge is -2.42. The molecule has 2 unspecified atom stereocenters. The van der Waals surface area contributed by atoms with E-state index in [4.69, 9.17) is 9.47 Å². The van der Waals surface area contributed by atoms with E-state index in [9.17, 15) is 14.9 Å². The summed E-state index contributed by atoms with van der Waals surface area (Å²) in [6.45, 7) is 8.35. The van der Waals surface area contributed by atoms with Crippen molar-refractivity contribution in [1.82, 2.24) is 24.8 Å². The van der Waals surface area contributed by atoms with E-state index in [2.05, 4.69) is 47.1 Å². The number of nitrogens with zero attached hydrogens (tertiary/aromatic N) is 4. The van der Waals surface area contributed by atoms with Gasteiger partial charge in [-0.15, -0.1) is 0 Å². The Morgan fingerprint density at radius 3 is 2.27 bits per heavy atom. The lowest BCUT2D eigenvalue weighted by molar-refractivity contribution is -0.0423. The molecule has 3 aromatic heterocycles. The Kier molecular flexibility index (Phi) is 10.0. The molecule has 10 nitrogen and oxygen atoms in total. The molecular weight excluding hydrogens is 508 g/mol. The fourth-order valence-electron chi connectivity index (χ4n) is 6.21. The molecule has 3 aromatic rings. The fraction of sp³-hybridized carbons (Fsp3) is 0.633. The Balaban J connectivity index is 1.67. The summed E-state index contributed by atoms with van der Waals surface area (Å²) in [4.78, 5) is 31.1. The number of nitriles is 1. The van der Waals surface area contributed by atoms with E-state index in [1.54, 1.807) is 6.92 Å². The van der Waals surface area contributed by atoms with Crippen LogP contribution in [0.4, 0.5) is 0 Å². The summed E-state index contributed by atoms with van der Waals surface area (Å²) >= 11 is 0. The van der Waals surface area contributed by atoms with E-state index in [-0.39, 0.29) is 46.3 Å². The average Bonchev–Trinajstić information content (AvgIpc) is 3.67. The second-order valence-corrected chi connectivity index (χ2v) is 11.1. The molecule has 0 bridgehead atoms. The van der Waals surface area contributed by atoms with Gasteiger partial charge in [0, 0.05) is 6.20 Å². The van der Waals surface area contributed by atoms with Gasteiger partial charge in [-0.3, -0.25) is 10.2 Å². The number of aromatic amines is 2. The highest BCUT2D eigenvalue weighted by Gasteiger charge is 2.41.